The summed E-state index contributed by atoms with van der Waals surface area (Å²) in [5, 5.41) is 4.65. The number of carbonyl (C=O) groups is 2. The molecule has 0 saturated carbocycles. The quantitative estimate of drug-likeness (QED) is 0.750. The number of nitrogens with one attached hydrogen (secondary N) is 3. The Bertz CT molecular complexity index is 848. The lowest BCUT2D eigenvalue weighted by Gasteiger charge is -2.09. The number of halogens is 2. The Balaban J connectivity index is 2.22. The van der Waals surface area contributed by atoms with Gasteiger partial charge in [-0.2, -0.15) is 0 Å². The molecular weight excluding hydrogens is 325 g/mol. The number of benzene rings is 1. The van der Waals surface area contributed by atoms with E-state index in [0.717, 1.165) is 12.1 Å². The van der Waals surface area contributed by atoms with Gasteiger partial charge in [0, 0.05) is 11.9 Å². The molecular formula is C15H11ClFN3O3. The summed E-state index contributed by atoms with van der Waals surface area (Å²) >= 11 is 5.65. The van der Waals surface area contributed by atoms with E-state index >= 15 is 0 Å². The van der Waals surface area contributed by atoms with E-state index in [1.807, 2.05) is 0 Å². The number of hydrogen-bond donors (Lipinski definition) is 3. The molecule has 0 aliphatic carbocycles. The van der Waals surface area contributed by atoms with E-state index in [9.17, 15) is 18.8 Å². The van der Waals surface area contributed by atoms with Gasteiger partial charge in [0.15, 0.2) is 0 Å². The zero-order valence-corrected chi connectivity index (χ0v) is 12.4. The van der Waals surface area contributed by atoms with Crippen LogP contribution in [-0.2, 0) is 4.79 Å². The van der Waals surface area contributed by atoms with Gasteiger partial charge < -0.3 is 15.6 Å². The molecule has 23 heavy (non-hydrogen) atoms. The minimum Gasteiger partial charge on any atom is -0.327 e. The van der Waals surface area contributed by atoms with Crippen LogP contribution in [0.1, 0.15) is 10.4 Å². The average molecular weight is 336 g/mol. The van der Waals surface area contributed by atoms with Gasteiger partial charge in [0.05, 0.1) is 11.3 Å². The first-order chi connectivity index (χ1) is 10.9. The Kier molecular flexibility index (Phi) is 4.92. The van der Waals surface area contributed by atoms with Crippen LogP contribution in [0, 0.1) is 5.82 Å². The first kappa shape index (κ1) is 16.4. The third-order valence-corrected chi connectivity index (χ3v) is 3.07. The normalized spacial score (nSPS) is 10.0. The minimum absolute atomic E-state index is 0.104. The Morgan fingerprint density at radius 3 is 2.65 bits per heavy atom. The summed E-state index contributed by atoms with van der Waals surface area (Å²) in [5.74, 6) is -1.80. The largest absolute Gasteiger partial charge is 0.327 e. The molecule has 0 spiro atoms. The maximum atomic E-state index is 13.6. The zero-order valence-electron chi connectivity index (χ0n) is 11.7. The van der Waals surface area contributed by atoms with Crippen LogP contribution in [0.15, 0.2) is 47.9 Å². The summed E-state index contributed by atoms with van der Waals surface area (Å²) in [6.45, 7) is 3.27. The molecule has 0 aliphatic rings. The standard InChI is InChI=1S/C15H11ClFN3O3/c1-2-13(21)20-12-6-9(3-4-11(12)17)19-14(22)8-5-10(16)15(23)18-7-8/h2-7H,1H2,(H,18,23)(H,19,22)(H,20,21). The number of anilines is 2. The van der Waals surface area contributed by atoms with Crippen LogP contribution in [0.2, 0.25) is 5.02 Å². The van der Waals surface area contributed by atoms with Crippen molar-refractivity contribution >= 4 is 34.8 Å². The van der Waals surface area contributed by atoms with Crippen molar-refractivity contribution in [2.45, 2.75) is 0 Å². The van der Waals surface area contributed by atoms with Gasteiger partial charge >= 0.3 is 0 Å². The van der Waals surface area contributed by atoms with Gasteiger partial charge in [0.2, 0.25) is 5.91 Å². The van der Waals surface area contributed by atoms with Crippen molar-refractivity contribution in [2.24, 2.45) is 0 Å². The van der Waals surface area contributed by atoms with Gasteiger partial charge in [-0.3, -0.25) is 14.4 Å². The summed E-state index contributed by atoms with van der Waals surface area (Å²) in [7, 11) is 0. The summed E-state index contributed by atoms with van der Waals surface area (Å²) in [6, 6.07) is 4.87. The lowest BCUT2D eigenvalue weighted by atomic mass is 10.2. The Labute approximate surface area is 135 Å². The fraction of sp³-hybridized carbons (Fsp3) is 0. The highest BCUT2D eigenvalue weighted by atomic mass is 35.5. The van der Waals surface area contributed by atoms with E-state index in [4.69, 9.17) is 11.6 Å². The molecule has 1 aromatic heterocycles. The zero-order chi connectivity index (χ0) is 17.0. The number of H-pyrrole nitrogens is 1. The Morgan fingerprint density at radius 2 is 2.00 bits per heavy atom. The molecule has 0 unspecified atom stereocenters. The van der Waals surface area contributed by atoms with Crippen molar-refractivity contribution in [3.8, 4) is 0 Å². The molecule has 0 bridgehead atoms. The fourth-order valence-electron chi connectivity index (χ4n) is 1.67. The van der Waals surface area contributed by atoms with Crippen molar-refractivity contribution in [3.63, 3.8) is 0 Å². The predicted molar refractivity (Wildman–Crippen MR) is 85.3 cm³/mol. The number of carbonyl (C=O) groups excluding carboxylic acids is 2. The first-order valence-electron chi connectivity index (χ1n) is 6.33. The van der Waals surface area contributed by atoms with Crippen molar-refractivity contribution in [1.82, 2.24) is 4.98 Å². The van der Waals surface area contributed by atoms with Gasteiger partial charge in [-0.25, -0.2) is 4.39 Å². The Hall–Kier alpha value is -2.93. The number of pyridine rings is 1. The highest BCUT2D eigenvalue weighted by molar-refractivity contribution is 6.30. The van der Waals surface area contributed by atoms with Crippen molar-refractivity contribution in [3.05, 3.63) is 69.9 Å². The molecule has 2 aromatic rings. The van der Waals surface area contributed by atoms with E-state index < -0.39 is 23.2 Å². The predicted octanol–water partition coefficient (Wildman–Crippen LogP) is 2.54. The number of rotatable bonds is 4. The summed E-state index contributed by atoms with van der Waals surface area (Å²) in [4.78, 5) is 36.8. The van der Waals surface area contributed by atoms with Crippen LogP contribution < -0.4 is 16.2 Å². The fourth-order valence-corrected chi connectivity index (χ4v) is 1.85. The van der Waals surface area contributed by atoms with Crippen molar-refractivity contribution in [2.75, 3.05) is 10.6 Å². The first-order valence-corrected chi connectivity index (χ1v) is 6.71. The molecule has 2 rings (SSSR count). The van der Waals surface area contributed by atoms with Crippen LogP contribution in [0.25, 0.3) is 0 Å². The molecule has 0 atom stereocenters. The number of aromatic amines is 1. The maximum Gasteiger partial charge on any atom is 0.266 e. The molecule has 0 radical (unpaired) electrons. The SMILES string of the molecule is C=CC(=O)Nc1cc(NC(=O)c2c[nH]c(=O)c(Cl)c2)ccc1F. The summed E-state index contributed by atoms with van der Waals surface area (Å²) < 4.78 is 13.6. The van der Waals surface area contributed by atoms with Crippen molar-refractivity contribution < 1.29 is 14.0 Å². The van der Waals surface area contributed by atoms with Gasteiger partial charge in [0.1, 0.15) is 10.8 Å². The summed E-state index contributed by atoms with van der Waals surface area (Å²) in [5.41, 5.74) is -0.250. The second kappa shape index (κ2) is 6.89. The second-order valence-corrected chi connectivity index (χ2v) is 4.81. The van der Waals surface area contributed by atoms with Gasteiger partial charge in [-0.1, -0.05) is 18.2 Å². The number of aromatic nitrogens is 1. The van der Waals surface area contributed by atoms with E-state index in [0.29, 0.717) is 0 Å². The van der Waals surface area contributed by atoms with Crippen LogP contribution >= 0.6 is 11.6 Å². The van der Waals surface area contributed by atoms with Crippen LogP contribution in [0.4, 0.5) is 15.8 Å². The highest BCUT2D eigenvalue weighted by Crippen LogP contribution is 2.20. The molecule has 0 saturated heterocycles. The maximum absolute atomic E-state index is 13.6. The third kappa shape index (κ3) is 4.04. The molecule has 2 amide bonds. The van der Waals surface area contributed by atoms with Gasteiger partial charge in [-0.05, 0) is 30.3 Å². The van der Waals surface area contributed by atoms with Crippen LogP contribution in [0.3, 0.4) is 0 Å². The molecule has 118 valence electrons. The minimum atomic E-state index is -0.662. The topological polar surface area (TPSA) is 91.1 Å². The molecule has 0 aliphatic heterocycles. The van der Waals surface area contributed by atoms with E-state index in [1.54, 1.807) is 0 Å². The lowest BCUT2D eigenvalue weighted by molar-refractivity contribution is -0.111. The molecule has 3 N–H and O–H groups in total. The monoisotopic (exact) mass is 335 g/mol. The van der Waals surface area contributed by atoms with E-state index in [1.165, 1.54) is 24.4 Å². The van der Waals surface area contributed by atoms with Crippen LogP contribution in [-0.4, -0.2) is 16.8 Å². The molecule has 1 aromatic carbocycles. The second-order valence-electron chi connectivity index (χ2n) is 4.41. The summed E-state index contributed by atoms with van der Waals surface area (Å²) in [6.07, 6.45) is 2.19. The lowest BCUT2D eigenvalue weighted by Crippen LogP contribution is -2.16. The van der Waals surface area contributed by atoms with Gasteiger partial charge in [-0.15, -0.1) is 0 Å². The van der Waals surface area contributed by atoms with Crippen molar-refractivity contribution in [1.29, 1.82) is 0 Å². The van der Waals surface area contributed by atoms with E-state index in [2.05, 4.69) is 22.2 Å². The van der Waals surface area contributed by atoms with Crippen LogP contribution in [0.5, 0.6) is 0 Å². The highest BCUT2D eigenvalue weighted by Gasteiger charge is 2.11. The Morgan fingerprint density at radius 1 is 1.26 bits per heavy atom. The molecule has 8 heteroatoms. The molecule has 0 fully saturated rings. The average Bonchev–Trinajstić information content (AvgIpc) is 2.53. The van der Waals surface area contributed by atoms with Gasteiger partial charge in [0.25, 0.3) is 11.5 Å². The van der Waals surface area contributed by atoms with E-state index in [-0.39, 0.29) is 22.0 Å². The number of amides is 2. The third-order valence-electron chi connectivity index (χ3n) is 2.79. The number of hydrogen-bond acceptors (Lipinski definition) is 3. The molecule has 6 nitrogen and oxygen atoms in total. The molecule has 1 heterocycles. The smallest absolute Gasteiger partial charge is 0.266 e.